The van der Waals surface area contributed by atoms with Gasteiger partial charge in [0.25, 0.3) is 0 Å². The normalized spacial score (nSPS) is 25.3. The first-order valence-corrected chi connectivity index (χ1v) is 8.16. The molecule has 2 saturated heterocycles. The van der Waals surface area contributed by atoms with E-state index in [4.69, 9.17) is 4.74 Å². The third-order valence-corrected chi connectivity index (χ3v) is 4.77. The lowest BCUT2D eigenvalue weighted by molar-refractivity contribution is 0.0261. The summed E-state index contributed by atoms with van der Waals surface area (Å²) in [5, 5.41) is 2.47. The van der Waals surface area contributed by atoms with E-state index in [-0.39, 0.29) is 5.69 Å². The van der Waals surface area contributed by atoms with Gasteiger partial charge in [-0.05, 0) is 50.9 Å². The van der Waals surface area contributed by atoms with Crippen LogP contribution < -0.4 is 5.32 Å². The van der Waals surface area contributed by atoms with Gasteiger partial charge in [-0.15, -0.1) is 0 Å². The summed E-state index contributed by atoms with van der Waals surface area (Å²) in [5.41, 5.74) is 0.162. The smallest absolute Gasteiger partial charge is 0.411 e. The quantitative estimate of drug-likeness (QED) is 0.927. The summed E-state index contributed by atoms with van der Waals surface area (Å²) in [4.78, 5) is 14.4. The fourth-order valence-corrected chi connectivity index (χ4v) is 3.66. The first kappa shape index (κ1) is 15.3. The minimum Gasteiger partial charge on any atom is -0.449 e. The van der Waals surface area contributed by atoms with Gasteiger partial charge in [0, 0.05) is 12.0 Å². The van der Waals surface area contributed by atoms with Crippen LogP contribution in [0.25, 0.3) is 0 Å². The van der Waals surface area contributed by atoms with Crippen molar-refractivity contribution in [3.8, 4) is 0 Å². The van der Waals surface area contributed by atoms with Crippen molar-refractivity contribution in [3.05, 3.63) is 30.1 Å². The second kappa shape index (κ2) is 7.09. The molecular weight excluding hydrogens is 283 g/mol. The van der Waals surface area contributed by atoms with Gasteiger partial charge in [0.2, 0.25) is 0 Å². The molecule has 1 aromatic carbocycles. The summed E-state index contributed by atoms with van der Waals surface area (Å²) in [6.07, 6.45) is 5.44. The maximum absolute atomic E-state index is 13.5. The SMILES string of the molecule is O=C(Nc1ccccc1F)OC[C@@H]1CCCN2CCCC[C@@H]12. The van der Waals surface area contributed by atoms with Gasteiger partial charge in [-0.3, -0.25) is 10.2 Å². The summed E-state index contributed by atoms with van der Waals surface area (Å²) in [7, 11) is 0. The van der Waals surface area contributed by atoms with E-state index in [1.54, 1.807) is 12.1 Å². The number of rotatable bonds is 3. The monoisotopic (exact) mass is 306 g/mol. The zero-order chi connectivity index (χ0) is 15.4. The Balaban J connectivity index is 1.51. The number of nitrogens with one attached hydrogen (secondary N) is 1. The van der Waals surface area contributed by atoms with Crippen LogP contribution in [0.3, 0.4) is 0 Å². The Morgan fingerprint density at radius 2 is 2.05 bits per heavy atom. The van der Waals surface area contributed by atoms with Crippen molar-refractivity contribution in [1.82, 2.24) is 4.90 Å². The molecule has 2 atom stereocenters. The lowest BCUT2D eigenvalue weighted by atomic mass is 9.84. The van der Waals surface area contributed by atoms with Crippen LogP contribution >= 0.6 is 0 Å². The maximum atomic E-state index is 13.5. The molecule has 2 fully saturated rings. The zero-order valence-corrected chi connectivity index (χ0v) is 12.8. The number of carbonyl (C=O) groups excluding carboxylic acids is 1. The molecule has 2 aliphatic heterocycles. The topological polar surface area (TPSA) is 41.6 Å². The van der Waals surface area contributed by atoms with E-state index in [1.165, 1.54) is 50.9 Å². The van der Waals surface area contributed by atoms with Gasteiger partial charge in [-0.1, -0.05) is 18.6 Å². The van der Waals surface area contributed by atoms with Crippen LogP contribution in [0.1, 0.15) is 32.1 Å². The molecule has 0 spiro atoms. The van der Waals surface area contributed by atoms with Gasteiger partial charge >= 0.3 is 6.09 Å². The van der Waals surface area contributed by atoms with Crippen LogP contribution in [0.15, 0.2) is 24.3 Å². The number of halogens is 1. The number of carbonyl (C=O) groups is 1. The fraction of sp³-hybridized carbons (Fsp3) is 0.588. The van der Waals surface area contributed by atoms with E-state index in [0.29, 0.717) is 18.6 Å². The molecule has 0 aliphatic carbocycles. The van der Waals surface area contributed by atoms with Crippen LogP contribution in [0.5, 0.6) is 0 Å². The number of hydrogen-bond donors (Lipinski definition) is 1. The van der Waals surface area contributed by atoms with Gasteiger partial charge in [0.05, 0.1) is 12.3 Å². The van der Waals surface area contributed by atoms with Gasteiger partial charge < -0.3 is 4.74 Å². The second-order valence-corrected chi connectivity index (χ2v) is 6.20. The number of piperidine rings is 2. The zero-order valence-electron chi connectivity index (χ0n) is 12.8. The molecule has 0 unspecified atom stereocenters. The summed E-state index contributed by atoms with van der Waals surface area (Å²) in [6, 6.07) is 6.66. The molecular formula is C17H23FN2O2. The van der Waals surface area contributed by atoms with Crippen molar-refractivity contribution in [3.63, 3.8) is 0 Å². The minimum absolute atomic E-state index is 0.162. The molecule has 0 saturated carbocycles. The largest absolute Gasteiger partial charge is 0.449 e. The lowest BCUT2D eigenvalue weighted by Crippen LogP contribution is -2.49. The number of fused-ring (bicyclic) bond motifs is 1. The molecule has 1 aromatic rings. The number of para-hydroxylation sites is 1. The molecule has 0 bridgehead atoms. The molecule has 3 rings (SSSR count). The Morgan fingerprint density at radius 3 is 2.91 bits per heavy atom. The van der Waals surface area contributed by atoms with Crippen molar-refractivity contribution in [2.45, 2.75) is 38.1 Å². The molecule has 120 valence electrons. The van der Waals surface area contributed by atoms with Crippen LogP contribution in [-0.2, 0) is 4.74 Å². The van der Waals surface area contributed by atoms with Crippen molar-refractivity contribution in [1.29, 1.82) is 0 Å². The number of hydrogen-bond acceptors (Lipinski definition) is 3. The Hall–Kier alpha value is -1.62. The number of nitrogens with zero attached hydrogens (tertiary/aromatic N) is 1. The Morgan fingerprint density at radius 1 is 1.23 bits per heavy atom. The maximum Gasteiger partial charge on any atom is 0.411 e. The summed E-state index contributed by atoms with van der Waals surface area (Å²) >= 11 is 0. The Bertz CT molecular complexity index is 521. The highest BCUT2D eigenvalue weighted by Crippen LogP contribution is 2.31. The fourth-order valence-electron chi connectivity index (χ4n) is 3.66. The predicted octanol–water partition coefficient (Wildman–Crippen LogP) is 3.64. The van der Waals surface area contributed by atoms with Gasteiger partial charge in [0.1, 0.15) is 5.82 Å². The van der Waals surface area contributed by atoms with E-state index < -0.39 is 11.9 Å². The highest BCUT2D eigenvalue weighted by atomic mass is 19.1. The summed E-state index contributed by atoms with van der Waals surface area (Å²) in [5.74, 6) is -0.0454. The van der Waals surface area contributed by atoms with E-state index in [9.17, 15) is 9.18 Å². The van der Waals surface area contributed by atoms with Crippen molar-refractivity contribution in [2.75, 3.05) is 25.0 Å². The van der Waals surface area contributed by atoms with Crippen LogP contribution in [0, 0.1) is 11.7 Å². The average molecular weight is 306 g/mol. The summed E-state index contributed by atoms with van der Waals surface area (Å²) < 4.78 is 18.8. The minimum atomic E-state index is -0.571. The van der Waals surface area contributed by atoms with Crippen molar-refractivity contribution < 1.29 is 13.9 Å². The van der Waals surface area contributed by atoms with E-state index >= 15 is 0 Å². The highest BCUT2D eigenvalue weighted by molar-refractivity contribution is 5.84. The number of amides is 1. The number of benzene rings is 1. The van der Waals surface area contributed by atoms with Crippen molar-refractivity contribution >= 4 is 11.8 Å². The van der Waals surface area contributed by atoms with Gasteiger partial charge in [-0.25, -0.2) is 9.18 Å². The van der Waals surface area contributed by atoms with Crippen LogP contribution in [0.4, 0.5) is 14.9 Å². The summed E-state index contributed by atoms with van der Waals surface area (Å²) in [6.45, 7) is 2.76. The molecule has 5 heteroatoms. The molecule has 22 heavy (non-hydrogen) atoms. The molecule has 1 N–H and O–H groups in total. The molecule has 0 radical (unpaired) electrons. The van der Waals surface area contributed by atoms with E-state index in [1.807, 2.05) is 0 Å². The third kappa shape index (κ3) is 3.58. The molecule has 2 heterocycles. The van der Waals surface area contributed by atoms with E-state index in [2.05, 4.69) is 10.2 Å². The highest BCUT2D eigenvalue weighted by Gasteiger charge is 2.33. The number of ether oxygens (including phenoxy) is 1. The second-order valence-electron chi connectivity index (χ2n) is 6.20. The Kier molecular flexibility index (Phi) is 4.93. The van der Waals surface area contributed by atoms with E-state index in [0.717, 1.165) is 6.42 Å². The molecule has 1 amide bonds. The Labute approximate surface area is 130 Å². The lowest BCUT2D eigenvalue weighted by Gasteiger charge is -2.44. The van der Waals surface area contributed by atoms with Gasteiger partial charge in [0.15, 0.2) is 0 Å². The third-order valence-electron chi connectivity index (χ3n) is 4.77. The van der Waals surface area contributed by atoms with Crippen LogP contribution in [-0.4, -0.2) is 36.7 Å². The predicted molar refractivity (Wildman–Crippen MR) is 83.3 cm³/mol. The first-order chi connectivity index (χ1) is 10.7. The van der Waals surface area contributed by atoms with Gasteiger partial charge in [-0.2, -0.15) is 0 Å². The molecule has 2 aliphatic rings. The average Bonchev–Trinajstić information content (AvgIpc) is 2.55. The molecule has 4 nitrogen and oxygen atoms in total. The van der Waals surface area contributed by atoms with Crippen molar-refractivity contribution in [2.24, 2.45) is 5.92 Å². The number of anilines is 1. The standard InChI is InChI=1S/C17H23FN2O2/c18-14-7-1-2-8-15(14)19-17(21)22-12-13-6-5-11-20-10-4-3-9-16(13)20/h1-2,7-8,13,16H,3-6,9-12H2,(H,19,21)/t13-,16-/m0/s1. The molecule has 0 aromatic heterocycles. The first-order valence-electron chi connectivity index (χ1n) is 8.16. The van der Waals surface area contributed by atoms with Crippen LogP contribution in [0.2, 0.25) is 0 Å².